The van der Waals surface area contributed by atoms with Crippen LogP contribution in [0.15, 0.2) is 0 Å². The minimum absolute atomic E-state index is 0.0236. The van der Waals surface area contributed by atoms with Crippen LogP contribution in [-0.2, 0) is 13.0 Å². The first-order chi connectivity index (χ1) is 14.8. The second-order valence-electron chi connectivity index (χ2n) is 9.83. The normalized spacial score (nSPS) is 14.8. The van der Waals surface area contributed by atoms with E-state index in [1.54, 1.807) is 0 Å². The van der Waals surface area contributed by atoms with Gasteiger partial charge in [-0.25, -0.2) is 4.79 Å². The van der Waals surface area contributed by atoms with Gasteiger partial charge in [-0.15, -0.1) is 0 Å². The Hall–Kier alpha value is -0.789. The van der Waals surface area contributed by atoms with Crippen molar-refractivity contribution < 1.29 is 57.3 Å². The van der Waals surface area contributed by atoms with Gasteiger partial charge in [0.2, 0.25) is 0 Å². The number of halogens is 9. The van der Waals surface area contributed by atoms with Crippen LogP contribution < -0.4 is 5.32 Å². The van der Waals surface area contributed by atoms with Crippen LogP contribution in [0.5, 0.6) is 0 Å². The molecular formula is C17H32F9NO4Si3. The zero-order valence-corrected chi connectivity index (χ0v) is 23.1. The minimum atomic E-state index is -6.97. The van der Waals surface area contributed by atoms with Crippen molar-refractivity contribution in [1.82, 2.24) is 5.32 Å². The maximum absolute atomic E-state index is 13.4. The van der Waals surface area contributed by atoms with E-state index >= 15 is 0 Å². The largest absolute Gasteiger partial charge is 0.460 e. The third-order valence-electron chi connectivity index (χ3n) is 3.98. The topological polar surface area (TPSA) is 56.8 Å². The summed E-state index contributed by atoms with van der Waals surface area (Å²) in [6.45, 7) is 12.3. The van der Waals surface area contributed by atoms with Crippen LogP contribution in [0.4, 0.5) is 44.3 Å². The molecule has 1 N–H and O–H groups in total. The Morgan fingerprint density at radius 1 is 0.765 bits per heavy atom. The van der Waals surface area contributed by atoms with Gasteiger partial charge in [-0.1, -0.05) is 0 Å². The van der Waals surface area contributed by atoms with Gasteiger partial charge in [0.1, 0.15) is 0 Å². The van der Waals surface area contributed by atoms with Gasteiger partial charge in [0, 0.05) is 6.54 Å². The van der Waals surface area contributed by atoms with Crippen molar-refractivity contribution in [2.24, 2.45) is 0 Å². The van der Waals surface area contributed by atoms with Gasteiger partial charge in [-0.3, -0.25) is 0 Å². The molecule has 0 fully saturated rings. The number of nitrogens with one attached hydrogen (secondary N) is 1. The van der Waals surface area contributed by atoms with E-state index in [1.807, 2.05) is 45.8 Å². The van der Waals surface area contributed by atoms with Gasteiger partial charge < -0.3 is 18.3 Å². The second-order valence-corrected chi connectivity index (χ2v) is 22.7. The molecule has 5 nitrogen and oxygen atoms in total. The number of alkyl carbamates (subject to hydrolysis) is 1. The fraction of sp³-hybridized carbons (Fsp3) is 0.941. The third-order valence-corrected chi connectivity index (χ3v) is 13.6. The van der Waals surface area contributed by atoms with Crippen molar-refractivity contribution in [3.05, 3.63) is 0 Å². The number of ether oxygens (including phenoxy) is 1. The predicted octanol–water partition coefficient (Wildman–Crippen LogP) is 6.74. The van der Waals surface area contributed by atoms with Crippen LogP contribution in [0, 0.1) is 0 Å². The first-order valence-corrected chi connectivity index (χ1v) is 19.6. The maximum Gasteiger partial charge on any atom is 0.460 e. The molecule has 0 atom stereocenters. The Kier molecular flexibility index (Phi) is 10.8. The van der Waals surface area contributed by atoms with E-state index in [9.17, 15) is 44.3 Å². The van der Waals surface area contributed by atoms with E-state index in [0.717, 1.165) is 0 Å². The average molecular weight is 570 g/mol. The number of alkyl halides is 9. The van der Waals surface area contributed by atoms with Gasteiger partial charge in [-0.2, -0.15) is 39.5 Å². The lowest BCUT2D eigenvalue weighted by molar-refractivity contribution is -0.397. The molecule has 0 aromatic rings. The molecule has 0 saturated carbocycles. The first kappa shape index (κ1) is 33.2. The molecule has 0 rings (SSSR count). The highest BCUT2D eigenvalue weighted by molar-refractivity contribution is 6.87. The molecule has 0 aliphatic heterocycles. The molecule has 204 valence electrons. The number of amides is 1. The molecule has 0 aliphatic carbocycles. The fourth-order valence-electron chi connectivity index (χ4n) is 2.91. The van der Waals surface area contributed by atoms with Crippen LogP contribution in [0.25, 0.3) is 0 Å². The average Bonchev–Trinajstić information content (AvgIpc) is 2.53. The lowest BCUT2D eigenvalue weighted by atomic mass is 10.0. The van der Waals surface area contributed by atoms with Crippen molar-refractivity contribution in [2.45, 2.75) is 88.7 Å². The van der Waals surface area contributed by atoms with Gasteiger partial charge in [0.05, 0.1) is 13.0 Å². The summed E-state index contributed by atoms with van der Waals surface area (Å²) in [6.07, 6.45) is -10.1. The highest BCUT2D eigenvalue weighted by Gasteiger charge is 2.81. The molecule has 0 bridgehead atoms. The van der Waals surface area contributed by atoms with E-state index in [-0.39, 0.29) is 6.54 Å². The Balaban J connectivity index is 4.76. The molecular weight excluding hydrogens is 537 g/mol. The SMILES string of the molecule is C[Si](C)(C)O[Si](C)(CCCNC(=O)OCCC(F)(F)C(F)(F)C(F)(F)C(F)(F)F)O[Si](C)(C)C. The Labute approximate surface area is 196 Å². The number of hydrogen-bond donors (Lipinski definition) is 1. The molecule has 0 unspecified atom stereocenters. The molecule has 0 heterocycles. The Morgan fingerprint density at radius 2 is 1.21 bits per heavy atom. The summed E-state index contributed by atoms with van der Waals surface area (Å²) < 4.78 is 132. The summed E-state index contributed by atoms with van der Waals surface area (Å²) in [5.74, 6) is -19.5. The zero-order chi connectivity index (χ0) is 27.4. The van der Waals surface area contributed by atoms with Gasteiger partial charge in [0.25, 0.3) is 0 Å². The van der Waals surface area contributed by atoms with Crippen LogP contribution in [0.2, 0.25) is 51.9 Å². The molecule has 0 spiro atoms. The molecule has 17 heteroatoms. The van der Waals surface area contributed by atoms with Crippen LogP contribution in [-0.4, -0.2) is 68.4 Å². The van der Waals surface area contributed by atoms with Crippen LogP contribution in [0.3, 0.4) is 0 Å². The van der Waals surface area contributed by atoms with E-state index < -0.39 is 68.3 Å². The minimum Gasteiger partial charge on any atom is -0.449 e. The number of hydrogen-bond acceptors (Lipinski definition) is 4. The molecule has 1 amide bonds. The highest BCUT2D eigenvalue weighted by Crippen LogP contribution is 2.53. The van der Waals surface area contributed by atoms with Gasteiger partial charge in [0.15, 0.2) is 16.6 Å². The molecule has 0 aliphatic rings. The Bertz CT molecular complexity index is 665. The van der Waals surface area contributed by atoms with Crippen molar-refractivity contribution in [3.63, 3.8) is 0 Å². The molecule has 0 radical (unpaired) electrons. The second kappa shape index (κ2) is 11.1. The third kappa shape index (κ3) is 10.1. The zero-order valence-electron chi connectivity index (χ0n) is 20.1. The van der Waals surface area contributed by atoms with Crippen molar-refractivity contribution in [1.29, 1.82) is 0 Å². The number of carbonyl (C=O) groups is 1. The van der Waals surface area contributed by atoms with Crippen molar-refractivity contribution >= 4 is 31.3 Å². The first-order valence-electron chi connectivity index (χ1n) is 10.3. The smallest absolute Gasteiger partial charge is 0.449 e. The Morgan fingerprint density at radius 3 is 1.59 bits per heavy atom. The molecule has 0 aromatic heterocycles. The van der Waals surface area contributed by atoms with E-state index in [1.165, 1.54) is 0 Å². The van der Waals surface area contributed by atoms with Crippen LogP contribution in [0.1, 0.15) is 12.8 Å². The standard InChI is InChI=1S/C17H32F9NO4Si3/c1-32(2,3)30-34(7,31-33(4,5)6)12-8-10-27-13(28)29-11-9-14(18,19)15(20,21)16(22,23)17(24,25)26/h8-12H2,1-7H3,(H,27,28). The summed E-state index contributed by atoms with van der Waals surface area (Å²) >= 11 is 0. The quantitative estimate of drug-likeness (QED) is 0.152. The predicted molar refractivity (Wildman–Crippen MR) is 115 cm³/mol. The lowest BCUT2D eigenvalue weighted by Gasteiger charge is -2.38. The van der Waals surface area contributed by atoms with Gasteiger partial charge in [-0.05, 0) is 58.3 Å². The van der Waals surface area contributed by atoms with E-state index in [2.05, 4.69) is 10.1 Å². The van der Waals surface area contributed by atoms with Gasteiger partial charge >= 0.3 is 38.6 Å². The summed E-state index contributed by atoms with van der Waals surface area (Å²) in [6, 6.07) is 0.471. The molecule has 34 heavy (non-hydrogen) atoms. The van der Waals surface area contributed by atoms with Crippen LogP contribution >= 0.6 is 0 Å². The maximum atomic E-state index is 13.4. The van der Waals surface area contributed by atoms with Crippen molar-refractivity contribution in [2.75, 3.05) is 13.2 Å². The fourth-order valence-corrected chi connectivity index (χ4v) is 15.4. The van der Waals surface area contributed by atoms with E-state index in [4.69, 9.17) is 8.23 Å². The summed E-state index contributed by atoms with van der Waals surface area (Å²) in [5.41, 5.74) is 0. The van der Waals surface area contributed by atoms with E-state index in [0.29, 0.717) is 12.5 Å². The molecule has 0 saturated heterocycles. The highest BCUT2D eigenvalue weighted by atomic mass is 28.5. The lowest BCUT2D eigenvalue weighted by Crippen LogP contribution is -2.61. The summed E-state index contributed by atoms with van der Waals surface area (Å²) in [4.78, 5) is 11.6. The summed E-state index contributed by atoms with van der Waals surface area (Å²) in [5, 5.41) is 2.17. The summed E-state index contributed by atoms with van der Waals surface area (Å²) in [7, 11) is -6.53. The molecule has 0 aromatic carbocycles. The van der Waals surface area contributed by atoms with Crippen molar-refractivity contribution in [3.8, 4) is 0 Å². The number of rotatable bonds is 13. The monoisotopic (exact) mass is 569 g/mol. The number of carbonyl (C=O) groups excluding carboxylic acids is 1.